The van der Waals surface area contributed by atoms with Crippen molar-refractivity contribution < 1.29 is 14.3 Å². The lowest BCUT2D eigenvalue weighted by Gasteiger charge is -2.07. The van der Waals surface area contributed by atoms with E-state index < -0.39 is 5.97 Å². The van der Waals surface area contributed by atoms with Crippen LogP contribution in [0.3, 0.4) is 0 Å². The van der Waals surface area contributed by atoms with Gasteiger partial charge in [0, 0.05) is 11.8 Å². The van der Waals surface area contributed by atoms with Gasteiger partial charge in [0.05, 0.1) is 5.56 Å². The molecule has 4 nitrogen and oxygen atoms in total. The average Bonchev–Trinajstić information content (AvgIpc) is 2.32. The highest BCUT2D eigenvalue weighted by molar-refractivity contribution is 5.96. The van der Waals surface area contributed by atoms with E-state index in [4.69, 9.17) is 10.8 Å². The summed E-state index contributed by atoms with van der Waals surface area (Å²) < 4.78 is 13.5. The van der Waals surface area contributed by atoms with Crippen molar-refractivity contribution in [3.63, 3.8) is 0 Å². The number of rotatable bonds is 2. The van der Waals surface area contributed by atoms with Crippen molar-refractivity contribution in [2.24, 2.45) is 0 Å². The molecule has 0 saturated carbocycles. The molecular weight excluding hydrogens is 235 g/mol. The number of aromatic carboxylic acids is 1. The lowest BCUT2D eigenvalue weighted by molar-refractivity contribution is 0.0697. The van der Waals surface area contributed by atoms with Crippen molar-refractivity contribution >= 4 is 11.8 Å². The largest absolute Gasteiger partial charge is 0.478 e. The summed E-state index contributed by atoms with van der Waals surface area (Å²) in [4.78, 5) is 15.0. The maximum Gasteiger partial charge on any atom is 0.336 e. The van der Waals surface area contributed by atoms with Crippen LogP contribution in [-0.2, 0) is 0 Å². The maximum absolute atomic E-state index is 13.5. The Labute approximate surface area is 103 Å². The van der Waals surface area contributed by atoms with Gasteiger partial charge in [-0.2, -0.15) is 0 Å². The number of nitrogen functional groups attached to an aromatic ring is 1. The molecule has 1 aromatic carbocycles. The van der Waals surface area contributed by atoms with Crippen molar-refractivity contribution in [3.8, 4) is 11.1 Å². The van der Waals surface area contributed by atoms with E-state index in [1.807, 2.05) is 0 Å². The number of carboxylic acid groups (broad SMARTS) is 1. The van der Waals surface area contributed by atoms with Gasteiger partial charge < -0.3 is 10.8 Å². The van der Waals surface area contributed by atoms with E-state index in [0.717, 1.165) is 0 Å². The molecule has 0 fully saturated rings. The third-order valence-corrected chi connectivity index (χ3v) is 2.64. The second-order valence-electron chi connectivity index (χ2n) is 3.92. The average molecular weight is 246 g/mol. The third-order valence-electron chi connectivity index (χ3n) is 2.64. The lowest BCUT2D eigenvalue weighted by atomic mass is 10.0. The van der Waals surface area contributed by atoms with Gasteiger partial charge in [0.1, 0.15) is 11.6 Å². The number of nitrogens with zero attached hydrogens (tertiary/aromatic N) is 1. The molecule has 1 aromatic heterocycles. The predicted molar refractivity (Wildman–Crippen MR) is 65.7 cm³/mol. The molecule has 0 spiro atoms. The second kappa shape index (κ2) is 4.44. The number of hydrogen-bond acceptors (Lipinski definition) is 3. The maximum atomic E-state index is 13.5. The fourth-order valence-electron chi connectivity index (χ4n) is 1.64. The van der Waals surface area contributed by atoms with Crippen molar-refractivity contribution in [3.05, 3.63) is 47.4 Å². The van der Waals surface area contributed by atoms with Crippen LogP contribution in [0.1, 0.15) is 15.9 Å². The van der Waals surface area contributed by atoms with Crippen LogP contribution in [0, 0.1) is 12.7 Å². The molecule has 0 aliphatic rings. The fraction of sp³-hybridized carbons (Fsp3) is 0.0769. The van der Waals surface area contributed by atoms with E-state index in [1.54, 1.807) is 19.1 Å². The van der Waals surface area contributed by atoms with Crippen molar-refractivity contribution in [2.45, 2.75) is 6.92 Å². The molecule has 92 valence electrons. The quantitative estimate of drug-likeness (QED) is 0.853. The van der Waals surface area contributed by atoms with Crippen LogP contribution in [0.2, 0.25) is 0 Å². The number of anilines is 1. The molecule has 2 rings (SSSR count). The van der Waals surface area contributed by atoms with Gasteiger partial charge in [-0.15, -0.1) is 0 Å². The fourth-order valence-corrected chi connectivity index (χ4v) is 1.64. The van der Waals surface area contributed by atoms with Crippen molar-refractivity contribution in [2.75, 3.05) is 5.73 Å². The normalized spacial score (nSPS) is 10.3. The van der Waals surface area contributed by atoms with Crippen LogP contribution >= 0.6 is 0 Å². The molecule has 1 heterocycles. The Balaban J connectivity index is 2.63. The summed E-state index contributed by atoms with van der Waals surface area (Å²) >= 11 is 0. The Morgan fingerprint density at radius 2 is 2.11 bits per heavy atom. The number of carboxylic acids is 1. The Morgan fingerprint density at radius 3 is 2.72 bits per heavy atom. The minimum absolute atomic E-state index is 0.00533. The highest BCUT2D eigenvalue weighted by Gasteiger charge is 2.13. The number of benzene rings is 1. The summed E-state index contributed by atoms with van der Waals surface area (Å²) in [5.41, 5.74) is 6.76. The van der Waals surface area contributed by atoms with Crippen LogP contribution in [-0.4, -0.2) is 16.1 Å². The molecule has 0 aliphatic carbocycles. The Hall–Kier alpha value is -2.43. The zero-order valence-electron chi connectivity index (χ0n) is 9.64. The topological polar surface area (TPSA) is 76.2 Å². The Bertz CT molecular complexity index is 626. The van der Waals surface area contributed by atoms with Crippen LogP contribution in [0.15, 0.2) is 30.5 Å². The molecule has 0 unspecified atom stereocenters. The van der Waals surface area contributed by atoms with Crippen molar-refractivity contribution in [1.29, 1.82) is 0 Å². The SMILES string of the molecule is Cc1ccc(-c2cnc(N)cc2C(=O)O)cc1F. The molecule has 2 aromatic rings. The number of pyridine rings is 1. The molecule has 0 bridgehead atoms. The third kappa shape index (κ3) is 2.15. The van der Waals surface area contributed by atoms with E-state index in [1.165, 1.54) is 18.3 Å². The molecule has 0 aliphatic heterocycles. The second-order valence-corrected chi connectivity index (χ2v) is 3.92. The number of nitrogens with two attached hydrogens (primary N) is 1. The van der Waals surface area contributed by atoms with Crippen LogP contribution < -0.4 is 5.73 Å². The zero-order valence-corrected chi connectivity index (χ0v) is 9.64. The smallest absolute Gasteiger partial charge is 0.336 e. The molecule has 0 atom stereocenters. The summed E-state index contributed by atoms with van der Waals surface area (Å²) in [6.45, 7) is 1.64. The van der Waals surface area contributed by atoms with E-state index in [9.17, 15) is 9.18 Å². The van der Waals surface area contributed by atoms with Gasteiger partial charge in [-0.25, -0.2) is 14.2 Å². The number of aryl methyl sites for hydroxylation is 1. The minimum Gasteiger partial charge on any atom is -0.478 e. The van der Waals surface area contributed by atoms with Crippen LogP contribution in [0.4, 0.5) is 10.2 Å². The first-order valence-corrected chi connectivity index (χ1v) is 5.24. The number of carbonyl (C=O) groups is 1. The van der Waals surface area contributed by atoms with Gasteiger partial charge in [0.15, 0.2) is 0 Å². The number of halogens is 1. The molecule has 0 amide bonds. The molecular formula is C13H11FN2O2. The van der Waals surface area contributed by atoms with Gasteiger partial charge in [-0.05, 0) is 30.2 Å². The standard InChI is InChI=1S/C13H11FN2O2/c1-7-2-3-8(4-11(7)14)10-6-16-12(15)5-9(10)13(17)18/h2-6H,1H3,(H2,15,16)(H,17,18). The van der Waals surface area contributed by atoms with Gasteiger partial charge in [0.25, 0.3) is 0 Å². The van der Waals surface area contributed by atoms with E-state index in [-0.39, 0.29) is 17.2 Å². The highest BCUT2D eigenvalue weighted by atomic mass is 19.1. The molecule has 18 heavy (non-hydrogen) atoms. The van der Waals surface area contributed by atoms with Gasteiger partial charge in [-0.1, -0.05) is 12.1 Å². The summed E-state index contributed by atoms with van der Waals surface area (Å²) in [6, 6.07) is 5.79. The summed E-state index contributed by atoms with van der Waals surface area (Å²) in [7, 11) is 0. The minimum atomic E-state index is -1.12. The van der Waals surface area contributed by atoms with Gasteiger partial charge in [-0.3, -0.25) is 0 Å². The molecule has 0 saturated heterocycles. The first-order valence-electron chi connectivity index (χ1n) is 5.24. The Kier molecular flexibility index (Phi) is 2.97. The molecule has 3 N–H and O–H groups in total. The zero-order chi connectivity index (χ0) is 13.3. The van der Waals surface area contributed by atoms with Crippen LogP contribution in [0.25, 0.3) is 11.1 Å². The summed E-state index contributed by atoms with van der Waals surface area (Å²) in [5.74, 6) is -1.40. The van der Waals surface area contributed by atoms with E-state index in [2.05, 4.69) is 4.98 Å². The number of hydrogen-bond donors (Lipinski definition) is 2. The highest BCUT2D eigenvalue weighted by Crippen LogP contribution is 2.25. The first kappa shape index (κ1) is 12.0. The van der Waals surface area contributed by atoms with Crippen molar-refractivity contribution in [1.82, 2.24) is 4.98 Å². The van der Waals surface area contributed by atoms with Gasteiger partial charge >= 0.3 is 5.97 Å². The van der Waals surface area contributed by atoms with E-state index >= 15 is 0 Å². The lowest BCUT2D eigenvalue weighted by Crippen LogP contribution is -2.03. The monoisotopic (exact) mass is 246 g/mol. The molecule has 5 heteroatoms. The van der Waals surface area contributed by atoms with Crippen LogP contribution in [0.5, 0.6) is 0 Å². The number of aromatic nitrogens is 1. The van der Waals surface area contributed by atoms with E-state index in [0.29, 0.717) is 16.7 Å². The first-order chi connectivity index (χ1) is 8.49. The van der Waals surface area contributed by atoms with Gasteiger partial charge in [0.2, 0.25) is 0 Å². The summed E-state index contributed by atoms with van der Waals surface area (Å²) in [5, 5.41) is 9.10. The molecule has 0 radical (unpaired) electrons. The predicted octanol–water partition coefficient (Wildman–Crippen LogP) is 2.48. The summed E-state index contributed by atoms with van der Waals surface area (Å²) in [6.07, 6.45) is 1.34. The Morgan fingerprint density at radius 1 is 1.39 bits per heavy atom.